The summed E-state index contributed by atoms with van der Waals surface area (Å²) < 4.78 is 32.7. The lowest BCUT2D eigenvalue weighted by Gasteiger charge is -2.11. The van der Waals surface area contributed by atoms with Gasteiger partial charge in [0.2, 0.25) is 0 Å². The summed E-state index contributed by atoms with van der Waals surface area (Å²) in [6.07, 6.45) is 0.893. The second kappa shape index (κ2) is 10.0. The van der Waals surface area contributed by atoms with Crippen molar-refractivity contribution in [2.75, 3.05) is 17.9 Å². The zero-order valence-corrected chi connectivity index (χ0v) is 17.9. The lowest BCUT2D eigenvalue weighted by Crippen LogP contribution is -2.30. The number of hydrogen-bond acceptors (Lipinski definition) is 4. The standard InChI is InChI=1S/C19H22Cl2N2O4S/c1-13(2)9-10-22-19(24)12-27-15-4-6-16(7-5-15)28(25,26)23-14-3-8-17(20)18(21)11-14/h3-8,11,13,23H,9-10,12H2,1-2H3,(H,22,24). The number of nitrogens with one attached hydrogen (secondary N) is 2. The Balaban J connectivity index is 1.93. The summed E-state index contributed by atoms with van der Waals surface area (Å²) in [5, 5.41) is 3.35. The molecule has 0 bridgehead atoms. The van der Waals surface area contributed by atoms with Crippen LogP contribution in [-0.2, 0) is 14.8 Å². The number of rotatable bonds is 9. The molecule has 0 saturated carbocycles. The number of sulfonamides is 1. The summed E-state index contributed by atoms with van der Waals surface area (Å²) in [6.45, 7) is 4.62. The van der Waals surface area contributed by atoms with Crippen molar-refractivity contribution < 1.29 is 17.9 Å². The lowest BCUT2D eigenvalue weighted by atomic mass is 10.1. The number of halogens is 2. The van der Waals surface area contributed by atoms with Crippen LogP contribution < -0.4 is 14.8 Å². The highest BCUT2D eigenvalue weighted by atomic mass is 35.5. The van der Waals surface area contributed by atoms with Crippen molar-refractivity contribution in [1.82, 2.24) is 5.32 Å². The normalized spacial score (nSPS) is 11.3. The molecule has 0 saturated heterocycles. The molecule has 1 amide bonds. The molecule has 2 N–H and O–H groups in total. The van der Waals surface area contributed by atoms with Crippen LogP contribution in [0.3, 0.4) is 0 Å². The van der Waals surface area contributed by atoms with E-state index in [4.69, 9.17) is 27.9 Å². The van der Waals surface area contributed by atoms with E-state index in [1.165, 1.54) is 42.5 Å². The minimum Gasteiger partial charge on any atom is -0.484 e. The highest BCUT2D eigenvalue weighted by Gasteiger charge is 2.15. The number of amides is 1. The van der Waals surface area contributed by atoms with Crippen LogP contribution in [0.2, 0.25) is 10.0 Å². The molecule has 28 heavy (non-hydrogen) atoms. The first-order valence-corrected chi connectivity index (χ1v) is 10.9. The summed E-state index contributed by atoms with van der Waals surface area (Å²) in [5.41, 5.74) is 0.299. The topological polar surface area (TPSA) is 84.5 Å². The maximum Gasteiger partial charge on any atom is 0.261 e. The van der Waals surface area contributed by atoms with Crippen LogP contribution >= 0.6 is 23.2 Å². The third kappa shape index (κ3) is 6.89. The van der Waals surface area contributed by atoms with Gasteiger partial charge in [0.1, 0.15) is 5.75 Å². The van der Waals surface area contributed by atoms with E-state index in [9.17, 15) is 13.2 Å². The van der Waals surface area contributed by atoms with Crippen molar-refractivity contribution in [3.63, 3.8) is 0 Å². The average molecular weight is 445 g/mol. The molecule has 2 aromatic carbocycles. The second-order valence-corrected chi connectivity index (χ2v) is 9.02. The lowest BCUT2D eigenvalue weighted by molar-refractivity contribution is -0.123. The smallest absolute Gasteiger partial charge is 0.261 e. The third-order valence-electron chi connectivity index (χ3n) is 3.72. The van der Waals surface area contributed by atoms with E-state index < -0.39 is 10.0 Å². The molecule has 0 aliphatic carbocycles. The Bertz CT molecular complexity index is 916. The SMILES string of the molecule is CC(C)CCNC(=O)COc1ccc(S(=O)(=O)Nc2ccc(Cl)c(Cl)c2)cc1. The molecule has 6 nitrogen and oxygen atoms in total. The van der Waals surface area contributed by atoms with Crippen LogP contribution in [0, 0.1) is 5.92 Å². The summed E-state index contributed by atoms with van der Waals surface area (Å²) >= 11 is 11.7. The van der Waals surface area contributed by atoms with Gasteiger partial charge in [0.15, 0.2) is 6.61 Å². The number of carbonyl (C=O) groups excluding carboxylic acids is 1. The molecule has 0 atom stereocenters. The minimum atomic E-state index is -3.80. The molecule has 0 radical (unpaired) electrons. The van der Waals surface area contributed by atoms with Gasteiger partial charge in [-0.3, -0.25) is 9.52 Å². The average Bonchev–Trinajstić information content (AvgIpc) is 2.63. The quantitative estimate of drug-likeness (QED) is 0.602. The van der Waals surface area contributed by atoms with Crippen molar-refractivity contribution in [1.29, 1.82) is 0 Å². The number of benzene rings is 2. The van der Waals surface area contributed by atoms with Gasteiger partial charge in [0.25, 0.3) is 15.9 Å². The fourth-order valence-corrected chi connectivity index (χ4v) is 3.54. The third-order valence-corrected chi connectivity index (χ3v) is 5.86. The van der Waals surface area contributed by atoms with Gasteiger partial charge in [0.05, 0.1) is 20.6 Å². The van der Waals surface area contributed by atoms with Crippen LogP contribution in [0.1, 0.15) is 20.3 Å². The van der Waals surface area contributed by atoms with Crippen molar-refractivity contribution in [3.05, 3.63) is 52.5 Å². The van der Waals surface area contributed by atoms with Gasteiger partial charge in [-0.1, -0.05) is 37.0 Å². The van der Waals surface area contributed by atoms with E-state index in [0.29, 0.717) is 28.9 Å². The van der Waals surface area contributed by atoms with Crippen LogP contribution in [-0.4, -0.2) is 27.5 Å². The molecular weight excluding hydrogens is 423 g/mol. The van der Waals surface area contributed by atoms with E-state index in [-0.39, 0.29) is 22.4 Å². The van der Waals surface area contributed by atoms with Gasteiger partial charge >= 0.3 is 0 Å². The Kier molecular flexibility index (Phi) is 7.98. The Morgan fingerprint density at radius 3 is 2.36 bits per heavy atom. The molecule has 0 heterocycles. The number of ether oxygens (including phenoxy) is 1. The molecule has 0 aromatic heterocycles. The predicted octanol–water partition coefficient (Wildman–Crippen LogP) is 4.34. The van der Waals surface area contributed by atoms with Gasteiger partial charge in [0, 0.05) is 6.54 Å². The molecule has 0 unspecified atom stereocenters. The summed E-state index contributed by atoms with van der Waals surface area (Å²) in [6, 6.07) is 10.2. The molecule has 152 valence electrons. The molecule has 2 aromatic rings. The Labute approximate surface area is 175 Å². The monoisotopic (exact) mass is 444 g/mol. The van der Waals surface area contributed by atoms with E-state index in [2.05, 4.69) is 23.9 Å². The van der Waals surface area contributed by atoms with Gasteiger partial charge in [-0.15, -0.1) is 0 Å². The van der Waals surface area contributed by atoms with Gasteiger partial charge in [-0.25, -0.2) is 8.42 Å². The van der Waals surface area contributed by atoms with E-state index in [1.54, 1.807) is 0 Å². The number of carbonyl (C=O) groups is 1. The van der Waals surface area contributed by atoms with Crippen molar-refractivity contribution in [2.24, 2.45) is 5.92 Å². The minimum absolute atomic E-state index is 0.0484. The van der Waals surface area contributed by atoms with Crippen molar-refractivity contribution in [2.45, 2.75) is 25.2 Å². The molecule has 0 spiro atoms. The van der Waals surface area contributed by atoms with Crippen LogP contribution in [0.5, 0.6) is 5.75 Å². The van der Waals surface area contributed by atoms with E-state index in [0.717, 1.165) is 6.42 Å². The summed E-state index contributed by atoms with van der Waals surface area (Å²) in [7, 11) is -3.80. The van der Waals surface area contributed by atoms with Crippen LogP contribution in [0.15, 0.2) is 47.4 Å². The van der Waals surface area contributed by atoms with E-state index in [1.807, 2.05) is 0 Å². The number of hydrogen-bond donors (Lipinski definition) is 2. The Hall–Kier alpha value is -1.96. The summed E-state index contributed by atoms with van der Waals surface area (Å²) in [4.78, 5) is 11.8. The van der Waals surface area contributed by atoms with Gasteiger partial charge in [-0.2, -0.15) is 0 Å². The molecular formula is C19H22Cl2N2O4S. The fourth-order valence-electron chi connectivity index (χ4n) is 2.19. The maximum absolute atomic E-state index is 12.5. The highest BCUT2D eigenvalue weighted by Crippen LogP contribution is 2.26. The largest absolute Gasteiger partial charge is 0.484 e. The molecule has 0 aliphatic rings. The second-order valence-electron chi connectivity index (χ2n) is 6.53. The first-order chi connectivity index (χ1) is 13.2. The zero-order valence-electron chi connectivity index (χ0n) is 15.5. The fraction of sp³-hybridized carbons (Fsp3) is 0.316. The maximum atomic E-state index is 12.5. The first-order valence-electron chi connectivity index (χ1n) is 8.65. The van der Waals surface area contributed by atoms with Crippen LogP contribution in [0.4, 0.5) is 5.69 Å². The summed E-state index contributed by atoms with van der Waals surface area (Å²) in [5.74, 6) is 0.680. The van der Waals surface area contributed by atoms with Crippen molar-refractivity contribution in [3.8, 4) is 5.75 Å². The molecule has 2 rings (SSSR count). The van der Waals surface area contributed by atoms with Crippen LogP contribution in [0.25, 0.3) is 0 Å². The van der Waals surface area contributed by atoms with E-state index >= 15 is 0 Å². The molecule has 0 aliphatic heterocycles. The Morgan fingerprint density at radius 2 is 1.75 bits per heavy atom. The molecule has 9 heteroatoms. The highest BCUT2D eigenvalue weighted by molar-refractivity contribution is 7.92. The number of anilines is 1. The zero-order chi connectivity index (χ0) is 20.7. The van der Waals surface area contributed by atoms with Gasteiger partial charge in [-0.05, 0) is 54.8 Å². The molecule has 0 fully saturated rings. The predicted molar refractivity (Wildman–Crippen MR) is 112 cm³/mol. The first kappa shape index (κ1) is 22.3. The van der Waals surface area contributed by atoms with Gasteiger partial charge < -0.3 is 10.1 Å². The Morgan fingerprint density at radius 1 is 1.07 bits per heavy atom. The van der Waals surface area contributed by atoms with Crippen molar-refractivity contribution >= 4 is 44.8 Å².